The lowest BCUT2D eigenvalue weighted by molar-refractivity contribution is 0.275. The maximum atomic E-state index is 9.59. The molecule has 0 amide bonds. The van der Waals surface area contributed by atoms with Crippen molar-refractivity contribution < 1.29 is 14.4 Å². The fraction of sp³-hybridized carbons (Fsp3) is 0.0909. The monoisotopic (exact) mass is 262 g/mol. The molecular weight excluding hydrogens is 254 g/mol. The van der Waals surface area contributed by atoms with Crippen molar-refractivity contribution in [3.8, 4) is 11.6 Å². The van der Waals surface area contributed by atoms with Gasteiger partial charge in [0.25, 0.3) is 0 Å². The number of hydrogen-bond donors (Lipinski definition) is 1. The number of hydrogen-bond acceptors (Lipinski definition) is 5. The highest BCUT2D eigenvalue weighted by atomic mass is 35.5. The van der Waals surface area contributed by atoms with Crippen LogP contribution in [0, 0.1) is 0 Å². The molecule has 0 unspecified atom stereocenters. The van der Waals surface area contributed by atoms with Gasteiger partial charge in [0.15, 0.2) is 0 Å². The molecule has 2 heterocycles. The summed E-state index contributed by atoms with van der Waals surface area (Å²) in [4.78, 5) is 7.69. The molecule has 0 radical (unpaired) electrons. The number of nitrogens with zero attached hydrogens (tertiary/aromatic N) is 2. The Morgan fingerprint density at radius 3 is 3.11 bits per heavy atom. The Balaban J connectivity index is 1.88. The van der Waals surface area contributed by atoms with Gasteiger partial charge in [-0.2, -0.15) is 4.98 Å². The van der Waals surface area contributed by atoms with Crippen LogP contribution in [0.5, 0.6) is 11.6 Å². The molecule has 0 atom stereocenters. The number of ether oxygens (including phenoxy) is 1. The third-order valence-corrected chi connectivity index (χ3v) is 2.79. The second-order valence-electron chi connectivity index (χ2n) is 3.79. The molecule has 1 aliphatic heterocycles. The molecule has 1 N–H and O–H groups in total. The maximum Gasteiger partial charge on any atom is 0.491 e. The summed E-state index contributed by atoms with van der Waals surface area (Å²) in [5, 5.41) is 9.71. The van der Waals surface area contributed by atoms with Crippen LogP contribution in [0.25, 0.3) is 0 Å². The lowest BCUT2D eigenvalue weighted by Crippen LogP contribution is -2.27. The fourth-order valence-corrected chi connectivity index (χ4v) is 1.89. The van der Waals surface area contributed by atoms with Gasteiger partial charge >= 0.3 is 7.12 Å². The van der Waals surface area contributed by atoms with Gasteiger partial charge in [0.05, 0.1) is 6.61 Å². The quantitative estimate of drug-likeness (QED) is 0.649. The van der Waals surface area contributed by atoms with E-state index in [-0.39, 0.29) is 5.28 Å². The van der Waals surface area contributed by atoms with E-state index in [9.17, 15) is 5.02 Å². The molecule has 0 spiro atoms. The number of benzene rings is 1. The van der Waals surface area contributed by atoms with Gasteiger partial charge in [0.1, 0.15) is 5.75 Å². The van der Waals surface area contributed by atoms with E-state index in [0.29, 0.717) is 23.7 Å². The molecule has 0 fully saturated rings. The van der Waals surface area contributed by atoms with E-state index in [4.69, 9.17) is 21.0 Å². The third kappa shape index (κ3) is 2.18. The van der Waals surface area contributed by atoms with Crippen molar-refractivity contribution in [2.24, 2.45) is 0 Å². The second-order valence-corrected chi connectivity index (χ2v) is 4.13. The van der Waals surface area contributed by atoms with Crippen molar-refractivity contribution in [3.63, 3.8) is 0 Å². The van der Waals surface area contributed by atoms with Crippen LogP contribution >= 0.6 is 11.6 Å². The summed E-state index contributed by atoms with van der Waals surface area (Å²) >= 11 is 5.67. The van der Waals surface area contributed by atoms with Gasteiger partial charge in [-0.05, 0) is 34.8 Å². The zero-order valence-electron chi connectivity index (χ0n) is 9.21. The first-order valence-corrected chi connectivity index (χ1v) is 5.69. The predicted molar refractivity (Wildman–Crippen MR) is 66.0 cm³/mol. The Morgan fingerprint density at radius 2 is 2.28 bits per heavy atom. The Labute approximate surface area is 109 Å². The number of fused-ring (bicyclic) bond motifs is 1. The highest BCUT2D eigenvalue weighted by Gasteiger charge is 2.27. The van der Waals surface area contributed by atoms with E-state index in [2.05, 4.69) is 9.97 Å². The minimum absolute atomic E-state index is 0.122. The molecule has 1 aromatic carbocycles. The van der Waals surface area contributed by atoms with Crippen molar-refractivity contribution in [1.29, 1.82) is 0 Å². The minimum atomic E-state index is -0.891. The fourth-order valence-electron chi connectivity index (χ4n) is 1.75. The molecule has 5 nitrogen and oxygen atoms in total. The Kier molecular flexibility index (Phi) is 2.91. The minimum Gasteiger partial charge on any atom is -0.439 e. The second kappa shape index (κ2) is 4.57. The first-order valence-electron chi connectivity index (χ1n) is 5.31. The number of halogens is 1. The number of aromatic nitrogens is 2. The molecular formula is C11H8BClN2O3. The van der Waals surface area contributed by atoms with Crippen molar-refractivity contribution >= 4 is 24.2 Å². The molecule has 0 bridgehead atoms. The van der Waals surface area contributed by atoms with Crippen molar-refractivity contribution in [2.45, 2.75) is 6.61 Å². The summed E-state index contributed by atoms with van der Waals surface area (Å²) in [6, 6.07) is 6.97. The molecule has 0 aliphatic carbocycles. The molecule has 7 heteroatoms. The largest absolute Gasteiger partial charge is 0.491 e. The molecule has 3 rings (SSSR count). The normalized spacial score (nSPS) is 13.6. The molecule has 1 aliphatic rings. The molecule has 1 aromatic heterocycles. The van der Waals surface area contributed by atoms with Crippen LogP contribution in [0.2, 0.25) is 5.28 Å². The van der Waals surface area contributed by atoms with Gasteiger partial charge in [-0.3, -0.25) is 0 Å². The summed E-state index contributed by atoms with van der Waals surface area (Å²) < 4.78 is 10.6. The van der Waals surface area contributed by atoms with Crippen molar-refractivity contribution in [1.82, 2.24) is 9.97 Å². The average Bonchev–Trinajstić information content (AvgIpc) is 2.71. The third-order valence-electron chi connectivity index (χ3n) is 2.60. The molecule has 0 saturated carbocycles. The smallest absolute Gasteiger partial charge is 0.439 e. The SMILES string of the molecule is OB1OCc2ccc(Oc3ccnc(Cl)n3)cc21. The summed E-state index contributed by atoms with van der Waals surface area (Å²) in [6.45, 7) is 0.413. The van der Waals surface area contributed by atoms with E-state index >= 15 is 0 Å². The Bertz CT molecular complexity index is 596. The van der Waals surface area contributed by atoms with Crippen molar-refractivity contribution in [2.75, 3.05) is 0 Å². The Hall–Kier alpha value is -1.63. The zero-order chi connectivity index (χ0) is 12.5. The lowest BCUT2D eigenvalue weighted by atomic mass is 9.79. The van der Waals surface area contributed by atoms with Gasteiger partial charge in [-0.15, -0.1) is 0 Å². The average molecular weight is 262 g/mol. The van der Waals surface area contributed by atoms with E-state index in [1.54, 1.807) is 18.2 Å². The lowest BCUT2D eigenvalue weighted by Gasteiger charge is -2.06. The highest BCUT2D eigenvalue weighted by Crippen LogP contribution is 2.21. The van der Waals surface area contributed by atoms with Crippen molar-refractivity contribution in [3.05, 3.63) is 41.3 Å². The molecule has 0 saturated heterocycles. The first-order chi connectivity index (χ1) is 8.72. The molecule has 90 valence electrons. The van der Waals surface area contributed by atoms with Gasteiger partial charge in [0.2, 0.25) is 11.2 Å². The summed E-state index contributed by atoms with van der Waals surface area (Å²) in [5.74, 6) is 0.913. The van der Waals surface area contributed by atoms with Crippen LogP contribution < -0.4 is 10.2 Å². The Morgan fingerprint density at radius 1 is 1.39 bits per heavy atom. The van der Waals surface area contributed by atoms with Crippen LogP contribution in [0.1, 0.15) is 5.56 Å². The van der Waals surface area contributed by atoms with E-state index in [1.807, 2.05) is 6.07 Å². The van der Waals surface area contributed by atoms with Gasteiger partial charge in [0, 0.05) is 12.3 Å². The van der Waals surface area contributed by atoms with Crippen LogP contribution in [-0.4, -0.2) is 22.1 Å². The summed E-state index contributed by atoms with van der Waals surface area (Å²) in [7, 11) is -0.891. The van der Waals surface area contributed by atoms with E-state index < -0.39 is 7.12 Å². The molecule has 2 aromatic rings. The van der Waals surface area contributed by atoms with E-state index in [0.717, 1.165) is 5.56 Å². The van der Waals surface area contributed by atoms with Crippen LogP contribution in [0.4, 0.5) is 0 Å². The topological polar surface area (TPSA) is 64.5 Å². The highest BCUT2D eigenvalue weighted by molar-refractivity contribution is 6.61. The number of rotatable bonds is 2. The van der Waals surface area contributed by atoms with E-state index in [1.165, 1.54) is 6.20 Å². The zero-order valence-corrected chi connectivity index (χ0v) is 9.96. The van der Waals surface area contributed by atoms with Gasteiger partial charge in [-0.25, -0.2) is 4.98 Å². The summed E-state index contributed by atoms with van der Waals surface area (Å²) in [6.07, 6.45) is 1.51. The van der Waals surface area contributed by atoms with Gasteiger partial charge < -0.3 is 14.4 Å². The predicted octanol–water partition coefficient (Wildman–Crippen LogP) is 1.14. The summed E-state index contributed by atoms with van der Waals surface area (Å²) in [5.41, 5.74) is 1.67. The first kappa shape index (κ1) is 11.5. The standard InChI is InChI=1S/C11H8BClN2O3/c13-11-14-4-3-10(15-11)18-8-2-1-7-6-17-12(16)9(7)5-8/h1-5,16H,6H2. The molecule has 18 heavy (non-hydrogen) atoms. The maximum absolute atomic E-state index is 9.59. The van der Waals surface area contributed by atoms with Crippen LogP contribution in [0.15, 0.2) is 30.5 Å². The van der Waals surface area contributed by atoms with Crippen LogP contribution in [-0.2, 0) is 11.3 Å². The van der Waals surface area contributed by atoms with Crippen LogP contribution in [0.3, 0.4) is 0 Å². The van der Waals surface area contributed by atoms with Gasteiger partial charge in [-0.1, -0.05) is 6.07 Å².